The van der Waals surface area contributed by atoms with Crippen LogP contribution in [0.1, 0.15) is 5.56 Å². The van der Waals surface area contributed by atoms with Gasteiger partial charge in [-0.1, -0.05) is 34.1 Å². The molecule has 0 aliphatic rings. The number of rotatable bonds is 5. The maximum Gasteiger partial charge on any atom is 0.277 e. The van der Waals surface area contributed by atoms with Crippen LogP contribution in [0.2, 0.25) is 0 Å². The number of aromatic hydroxyl groups is 1. The molecular formula is C18H14BrN3O3. The summed E-state index contributed by atoms with van der Waals surface area (Å²) >= 11 is 3.30. The van der Waals surface area contributed by atoms with Crippen LogP contribution in [-0.4, -0.2) is 28.8 Å². The molecule has 0 fully saturated rings. The number of carbonyl (C=O) groups is 1. The van der Waals surface area contributed by atoms with E-state index in [1.165, 1.54) is 12.3 Å². The molecule has 0 radical (unpaired) electrons. The van der Waals surface area contributed by atoms with E-state index in [4.69, 9.17) is 4.74 Å². The maximum absolute atomic E-state index is 11.9. The highest BCUT2D eigenvalue weighted by atomic mass is 79.9. The van der Waals surface area contributed by atoms with Gasteiger partial charge in [-0.2, -0.15) is 5.10 Å². The third-order valence-corrected chi connectivity index (χ3v) is 3.83. The van der Waals surface area contributed by atoms with Crippen molar-refractivity contribution in [3.63, 3.8) is 0 Å². The average Bonchev–Trinajstić information content (AvgIpc) is 2.63. The number of hydrazone groups is 1. The highest BCUT2D eigenvalue weighted by molar-refractivity contribution is 9.10. The van der Waals surface area contributed by atoms with E-state index in [0.717, 1.165) is 9.86 Å². The van der Waals surface area contributed by atoms with Crippen molar-refractivity contribution in [3.8, 4) is 11.5 Å². The number of hydrogen-bond donors (Lipinski definition) is 2. The fourth-order valence-corrected chi connectivity index (χ4v) is 2.55. The molecule has 3 rings (SSSR count). The summed E-state index contributed by atoms with van der Waals surface area (Å²) in [6, 6.07) is 14.2. The largest absolute Gasteiger partial charge is 0.507 e. The lowest BCUT2D eigenvalue weighted by molar-refractivity contribution is -0.123. The molecule has 0 saturated carbocycles. The van der Waals surface area contributed by atoms with Crippen LogP contribution in [0.15, 0.2) is 64.3 Å². The molecule has 7 heteroatoms. The summed E-state index contributed by atoms with van der Waals surface area (Å²) in [7, 11) is 0. The summed E-state index contributed by atoms with van der Waals surface area (Å²) in [6.07, 6.45) is 3.03. The Kier molecular flexibility index (Phi) is 5.25. The number of pyridine rings is 1. The van der Waals surface area contributed by atoms with E-state index < -0.39 is 5.91 Å². The minimum absolute atomic E-state index is 0.0688. The van der Waals surface area contributed by atoms with Crippen LogP contribution < -0.4 is 10.2 Å². The Balaban J connectivity index is 1.59. The number of ether oxygens (including phenoxy) is 1. The number of halogens is 1. The molecule has 0 atom stereocenters. The molecule has 1 heterocycles. The minimum atomic E-state index is -0.418. The zero-order chi connectivity index (χ0) is 17.6. The molecule has 0 spiro atoms. The van der Waals surface area contributed by atoms with Crippen LogP contribution in [-0.2, 0) is 4.79 Å². The summed E-state index contributed by atoms with van der Waals surface area (Å²) in [4.78, 5) is 16.1. The second kappa shape index (κ2) is 7.76. The quantitative estimate of drug-likeness (QED) is 0.509. The number of phenols is 1. The van der Waals surface area contributed by atoms with Crippen LogP contribution in [0, 0.1) is 0 Å². The number of carbonyl (C=O) groups excluding carboxylic acids is 1. The highest BCUT2D eigenvalue weighted by Gasteiger charge is 2.06. The van der Waals surface area contributed by atoms with Gasteiger partial charge in [0.25, 0.3) is 5.91 Å². The first-order chi connectivity index (χ1) is 12.1. The summed E-state index contributed by atoms with van der Waals surface area (Å²) < 4.78 is 6.32. The predicted molar refractivity (Wildman–Crippen MR) is 98.8 cm³/mol. The van der Waals surface area contributed by atoms with Crippen molar-refractivity contribution >= 4 is 39.0 Å². The number of hydrogen-bond acceptors (Lipinski definition) is 5. The van der Waals surface area contributed by atoms with Gasteiger partial charge in [0.15, 0.2) is 6.61 Å². The van der Waals surface area contributed by atoms with Gasteiger partial charge in [0.1, 0.15) is 17.0 Å². The second-order valence-corrected chi connectivity index (χ2v) is 6.03. The molecule has 0 aliphatic carbocycles. The number of fused-ring (bicyclic) bond motifs is 1. The van der Waals surface area contributed by atoms with Gasteiger partial charge in [0.05, 0.1) is 6.21 Å². The van der Waals surface area contributed by atoms with Crippen LogP contribution in [0.3, 0.4) is 0 Å². The summed E-state index contributed by atoms with van der Waals surface area (Å²) in [5, 5.41) is 14.4. The molecule has 1 aromatic heterocycles. The van der Waals surface area contributed by atoms with Crippen molar-refractivity contribution in [1.29, 1.82) is 0 Å². The maximum atomic E-state index is 11.9. The molecule has 2 N–H and O–H groups in total. The molecular weight excluding hydrogens is 386 g/mol. The predicted octanol–water partition coefficient (Wildman–Crippen LogP) is 3.23. The molecule has 0 aliphatic heterocycles. The second-order valence-electron chi connectivity index (χ2n) is 5.12. The molecule has 3 aromatic rings. The van der Waals surface area contributed by atoms with Crippen LogP contribution >= 0.6 is 15.9 Å². The van der Waals surface area contributed by atoms with Crippen LogP contribution in [0.25, 0.3) is 10.9 Å². The molecule has 25 heavy (non-hydrogen) atoms. The van der Waals surface area contributed by atoms with Crippen molar-refractivity contribution in [2.45, 2.75) is 0 Å². The molecule has 0 saturated heterocycles. The van der Waals surface area contributed by atoms with Gasteiger partial charge in [-0.05, 0) is 30.3 Å². The first-order valence-corrected chi connectivity index (χ1v) is 8.20. The molecule has 2 aromatic carbocycles. The lowest BCUT2D eigenvalue weighted by Crippen LogP contribution is -2.24. The Bertz CT molecular complexity index is 939. The third kappa shape index (κ3) is 4.33. The number of nitrogens with zero attached hydrogens (tertiary/aromatic N) is 2. The van der Waals surface area contributed by atoms with E-state index in [1.54, 1.807) is 24.4 Å². The number of aromatic nitrogens is 1. The smallest absolute Gasteiger partial charge is 0.277 e. The molecule has 0 unspecified atom stereocenters. The fraction of sp³-hybridized carbons (Fsp3) is 0.0556. The topological polar surface area (TPSA) is 83.8 Å². The minimum Gasteiger partial charge on any atom is -0.507 e. The van der Waals surface area contributed by atoms with Gasteiger partial charge in [-0.15, -0.1) is 0 Å². The van der Waals surface area contributed by atoms with Gasteiger partial charge in [0.2, 0.25) is 0 Å². The standard InChI is InChI=1S/C18H14BrN3O3/c19-14-6-7-15(23)13(9-14)10-21-22-17(24)11-25-16-5-1-3-12-4-2-8-20-18(12)16/h1-10,23H,11H2,(H,22,24)/b21-10-. The Morgan fingerprint density at radius 1 is 1.28 bits per heavy atom. The Hall–Kier alpha value is -2.93. The SMILES string of the molecule is O=C(COc1cccc2cccnc12)N/N=C\c1cc(Br)ccc1O. The molecule has 126 valence electrons. The van der Waals surface area contributed by atoms with Crippen molar-refractivity contribution < 1.29 is 14.6 Å². The van der Waals surface area contributed by atoms with Crippen molar-refractivity contribution in [3.05, 3.63) is 64.8 Å². The van der Waals surface area contributed by atoms with Crippen LogP contribution in [0.4, 0.5) is 0 Å². The van der Waals surface area contributed by atoms with E-state index in [2.05, 4.69) is 31.4 Å². The Morgan fingerprint density at radius 3 is 3.00 bits per heavy atom. The fourth-order valence-electron chi connectivity index (χ4n) is 2.17. The van der Waals surface area contributed by atoms with Crippen LogP contribution in [0.5, 0.6) is 11.5 Å². The van der Waals surface area contributed by atoms with Gasteiger partial charge in [-0.25, -0.2) is 5.43 Å². The molecule has 6 nitrogen and oxygen atoms in total. The number of amides is 1. The summed E-state index contributed by atoms with van der Waals surface area (Å²) in [6.45, 7) is -0.197. The Labute approximate surface area is 152 Å². The highest BCUT2D eigenvalue weighted by Crippen LogP contribution is 2.22. The number of para-hydroxylation sites is 1. The van der Waals surface area contributed by atoms with Crippen molar-refractivity contribution in [2.75, 3.05) is 6.61 Å². The molecule has 1 amide bonds. The normalized spacial score (nSPS) is 10.9. The van der Waals surface area contributed by atoms with Gasteiger partial charge >= 0.3 is 0 Å². The number of benzene rings is 2. The first kappa shape index (κ1) is 16.9. The van der Waals surface area contributed by atoms with Gasteiger partial charge in [-0.3, -0.25) is 9.78 Å². The van der Waals surface area contributed by atoms with E-state index in [9.17, 15) is 9.90 Å². The lowest BCUT2D eigenvalue weighted by Gasteiger charge is -2.07. The molecule has 0 bridgehead atoms. The number of nitrogens with one attached hydrogen (secondary N) is 1. The zero-order valence-electron chi connectivity index (χ0n) is 13.0. The Morgan fingerprint density at radius 2 is 2.12 bits per heavy atom. The van der Waals surface area contributed by atoms with E-state index >= 15 is 0 Å². The lowest BCUT2D eigenvalue weighted by atomic mass is 10.2. The van der Waals surface area contributed by atoms with E-state index in [1.807, 2.05) is 24.3 Å². The number of phenolic OH excluding ortho intramolecular Hbond substituents is 1. The van der Waals surface area contributed by atoms with E-state index in [0.29, 0.717) is 16.8 Å². The third-order valence-electron chi connectivity index (χ3n) is 3.34. The monoisotopic (exact) mass is 399 g/mol. The van der Waals surface area contributed by atoms with Crippen molar-refractivity contribution in [2.24, 2.45) is 5.10 Å². The zero-order valence-corrected chi connectivity index (χ0v) is 14.6. The van der Waals surface area contributed by atoms with Gasteiger partial charge < -0.3 is 9.84 Å². The summed E-state index contributed by atoms with van der Waals surface area (Å²) in [5.41, 5.74) is 3.53. The first-order valence-electron chi connectivity index (χ1n) is 7.40. The van der Waals surface area contributed by atoms with Crippen molar-refractivity contribution in [1.82, 2.24) is 10.4 Å². The summed E-state index contributed by atoms with van der Waals surface area (Å²) in [5.74, 6) is 0.180. The van der Waals surface area contributed by atoms with E-state index in [-0.39, 0.29) is 12.4 Å². The average molecular weight is 400 g/mol. The van der Waals surface area contributed by atoms with Gasteiger partial charge in [0, 0.05) is 21.6 Å².